The highest BCUT2D eigenvalue weighted by Gasteiger charge is 2.20. The molecular weight excluding hydrogens is 292 g/mol. The quantitative estimate of drug-likeness (QED) is 0.711. The van der Waals surface area contributed by atoms with Crippen LogP contribution in [0.5, 0.6) is 0 Å². The van der Waals surface area contributed by atoms with E-state index in [0.29, 0.717) is 0 Å². The molecule has 8 heteroatoms. The molecule has 120 valence electrons. The fourth-order valence-corrected chi connectivity index (χ4v) is 2.74. The number of anilines is 1. The Morgan fingerprint density at radius 2 is 1.91 bits per heavy atom. The van der Waals surface area contributed by atoms with Gasteiger partial charge in [-0.2, -0.15) is 10.1 Å². The summed E-state index contributed by atoms with van der Waals surface area (Å²) >= 11 is 0. The summed E-state index contributed by atoms with van der Waals surface area (Å²) in [5.41, 5.74) is 2.72. The van der Waals surface area contributed by atoms with E-state index in [9.17, 15) is 0 Å². The number of hydrogen-bond acceptors (Lipinski definition) is 6. The second-order valence-corrected chi connectivity index (χ2v) is 6.04. The number of fused-ring (bicyclic) bond motifs is 1. The maximum Gasteiger partial charge on any atom is 0.244 e. The zero-order valence-electron chi connectivity index (χ0n) is 13.7. The first kappa shape index (κ1) is 14.1. The van der Waals surface area contributed by atoms with Gasteiger partial charge >= 0.3 is 0 Å². The molecule has 0 aromatic carbocycles. The minimum atomic E-state index is 0.743. The molecule has 1 saturated heterocycles. The van der Waals surface area contributed by atoms with Crippen LogP contribution in [-0.4, -0.2) is 47.4 Å². The van der Waals surface area contributed by atoms with Crippen molar-refractivity contribution in [1.29, 1.82) is 0 Å². The van der Waals surface area contributed by atoms with Gasteiger partial charge in [0, 0.05) is 39.2 Å². The molecule has 0 amide bonds. The van der Waals surface area contributed by atoms with Crippen LogP contribution >= 0.6 is 0 Å². The maximum atomic E-state index is 4.64. The molecule has 3 aromatic rings. The third-order valence-electron chi connectivity index (χ3n) is 4.31. The molecule has 0 atom stereocenters. The first-order valence-electron chi connectivity index (χ1n) is 7.94. The van der Waals surface area contributed by atoms with E-state index >= 15 is 0 Å². The van der Waals surface area contributed by atoms with E-state index in [1.165, 1.54) is 6.42 Å². The Bertz CT molecular complexity index is 819. The van der Waals surface area contributed by atoms with Crippen molar-refractivity contribution in [2.45, 2.75) is 33.1 Å². The number of rotatable bonds is 4. The van der Waals surface area contributed by atoms with Crippen LogP contribution in [0.15, 0.2) is 6.20 Å². The average Bonchev–Trinajstić information content (AvgIpc) is 3.04. The van der Waals surface area contributed by atoms with Crippen LogP contribution in [0, 0.1) is 13.8 Å². The summed E-state index contributed by atoms with van der Waals surface area (Å²) in [5.74, 6) is 2.63. The highest BCUT2D eigenvalue weighted by Crippen LogP contribution is 2.17. The van der Waals surface area contributed by atoms with Crippen molar-refractivity contribution < 1.29 is 0 Å². The van der Waals surface area contributed by atoms with Gasteiger partial charge in [0.05, 0.1) is 11.4 Å². The summed E-state index contributed by atoms with van der Waals surface area (Å²) in [5, 5.41) is 9.08. The standard InChI is InChI=1S/C15H20N8/c1-10-9-16-11(2)14-17-12(19-23(10)14)5-6-13-18-15(20-21(13)3)22-7-4-8-22/h9H,4-8H2,1-3H3. The Kier molecular flexibility index (Phi) is 3.24. The number of aromatic nitrogens is 7. The molecule has 1 aliphatic rings. The van der Waals surface area contributed by atoms with Gasteiger partial charge in [-0.05, 0) is 20.3 Å². The first-order chi connectivity index (χ1) is 11.1. The SMILES string of the molecule is Cc1ncc(C)n2nc(CCc3nc(N4CCC4)nn3C)nc12. The molecule has 8 nitrogen and oxygen atoms in total. The third-order valence-corrected chi connectivity index (χ3v) is 4.31. The number of hydrogen-bond donors (Lipinski definition) is 0. The Morgan fingerprint density at radius 1 is 1.09 bits per heavy atom. The molecule has 0 N–H and O–H groups in total. The Morgan fingerprint density at radius 3 is 2.61 bits per heavy atom. The smallest absolute Gasteiger partial charge is 0.244 e. The molecule has 0 radical (unpaired) electrons. The van der Waals surface area contributed by atoms with E-state index in [0.717, 1.165) is 60.6 Å². The summed E-state index contributed by atoms with van der Waals surface area (Å²) in [6, 6.07) is 0. The van der Waals surface area contributed by atoms with Gasteiger partial charge in [-0.25, -0.2) is 9.50 Å². The topological polar surface area (TPSA) is 77.0 Å². The van der Waals surface area contributed by atoms with Gasteiger partial charge in [-0.3, -0.25) is 9.67 Å². The summed E-state index contributed by atoms with van der Waals surface area (Å²) < 4.78 is 3.72. The number of aryl methyl sites for hydroxylation is 5. The van der Waals surface area contributed by atoms with Gasteiger partial charge in [-0.15, -0.1) is 5.10 Å². The van der Waals surface area contributed by atoms with E-state index < -0.39 is 0 Å². The van der Waals surface area contributed by atoms with Gasteiger partial charge < -0.3 is 4.90 Å². The third kappa shape index (κ3) is 2.43. The molecule has 1 aliphatic heterocycles. The maximum absolute atomic E-state index is 4.64. The summed E-state index contributed by atoms with van der Waals surface area (Å²) in [4.78, 5) is 15.8. The fraction of sp³-hybridized carbons (Fsp3) is 0.533. The van der Waals surface area contributed by atoms with Crippen molar-refractivity contribution >= 4 is 11.6 Å². The lowest BCUT2D eigenvalue weighted by molar-refractivity contribution is 0.595. The second-order valence-electron chi connectivity index (χ2n) is 6.04. The molecule has 23 heavy (non-hydrogen) atoms. The highest BCUT2D eigenvalue weighted by molar-refractivity contribution is 5.43. The molecule has 0 saturated carbocycles. The summed E-state index contributed by atoms with van der Waals surface area (Å²) in [7, 11) is 1.95. The van der Waals surface area contributed by atoms with Gasteiger partial charge in [0.25, 0.3) is 0 Å². The molecule has 0 aliphatic carbocycles. The van der Waals surface area contributed by atoms with Gasteiger partial charge in [0.15, 0.2) is 11.5 Å². The zero-order valence-corrected chi connectivity index (χ0v) is 13.7. The van der Waals surface area contributed by atoms with Gasteiger partial charge in [0.1, 0.15) is 5.82 Å². The zero-order chi connectivity index (χ0) is 16.0. The normalized spacial score (nSPS) is 14.5. The lowest BCUT2D eigenvalue weighted by Crippen LogP contribution is -2.37. The van der Waals surface area contributed by atoms with Crippen LogP contribution < -0.4 is 4.90 Å². The largest absolute Gasteiger partial charge is 0.339 e. The Labute approximate surface area is 134 Å². The predicted octanol–water partition coefficient (Wildman–Crippen LogP) is 0.865. The van der Waals surface area contributed by atoms with Crippen molar-refractivity contribution in [3.8, 4) is 0 Å². The molecule has 0 spiro atoms. The van der Waals surface area contributed by atoms with Gasteiger partial charge in [-0.1, -0.05) is 0 Å². The van der Waals surface area contributed by atoms with E-state index in [1.54, 1.807) is 0 Å². The van der Waals surface area contributed by atoms with Crippen LogP contribution in [0.1, 0.15) is 29.5 Å². The summed E-state index contributed by atoms with van der Waals surface area (Å²) in [6.45, 7) is 6.06. The molecule has 4 rings (SSSR count). The monoisotopic (exact) mass is 312 g/mol. The highest BCUT2D eigenvalue weighted by atomic mass is 15.4. The van der Waals surface area contributed by atoms with E-state index in [-0.39, 0.29) is 0 Å². The predicted molar refractivity (Wildman–Crippen MR) is 85.5 cm³/mol. The Hall–Kier alpha value is -2.51. The van der Waals surface area contributed by atoms with Crippen molar-refractivity contribution in [1.82, 2.24) is 34.3 Å². The van der Waals surface area contributed by atoms with Crippen molar-refractivity contribution in [2.75, 3.05) is 18.0 Å². The van der Waals surface area contributed by atoms with Crippen LogP contribution in [0.4, 0.5) is 5.95 Å². The molecule has 4 heterocycles. The lowest BCUT2D eigenvalue weighted by atomic mass is 10.2. The molecule has 0 bridgehead atoms. The van der Waals surface area contributed by atoms with E-state index in [1.807, 2.05) is 36.3 Å². The van der Waals surface area contributed by atoms with E-state index in [2.05, 4.69) is 30.0 Å². The molecular formula is C15H20N8. The Balaban J connectivity index is 1.54. The van der Waals surface area contributed by atoms with Crippen LogP contribution in [0.25, 0.3) is 5.65 Å². The average molecular weight is 312 g/mol. The second kappa shape index (κ2) is 5.29. The van der Waals surface area contributed by atoms with Crippen LogP contribution in [-0.2, 0) is 19.9 Å². The fourth-order valence-electron chi connectivity index (χ4n) is 2.74. The van der Waals surface area contributed by atoms with Crippen molar-refractivity contribution in [3.63, 3.8) is 0 Å². The minimum absolute atomic E-state index is 0.743. The van der Waals surface area contributed by atoms with Crippen molar-refractivity contribution in [2.24, 2.45) is 7.05 Å². The minimum Gasteiger partial charge on any atom is -0.339 e. The molecule has 0 unspecified atom stereocenters. The number of nitrogens with zero attached hydrogens (tertiary/aromatic N) is 8. The van der Waals surface area contributed by atoms with E-state index in [4.69, 9.17) is 0 Å². The van der Waals surface area contributed by atoms with Crippen molar-refractivity contribution in [3.05, 3.63) is 29.2 Å². The lowest BCUT2D eigenvalue weighted by Gasteiger charge is -2.29. The molecule has 3 aromatic heterocycles. The van der Waals surface area contributed by atoms with Gasteiger partial charge in [0.2, 0.25) is 5.95 Å². The summed E-state index contributed by atoms with van der Waals surface area (Å²) in [6.07, 6.45) is 4.57. The van der Waals surface area contributed by atoms with Crippen LogP contribution in [0.2, 0.25) is 0 Å². The van der Waals surface area contributed by atoms with Crippen LogP contribution in [0.3, 0.4) is 0 Å². The molecule has 1 fully saturated rings. The first-order valence-corrected chi connectivity index (χ1v) is 7.94.